The molecule has 26 heavy (non-hydrogen) atoms. The van der Waals surface area contributed by atoms with E-state index in [-0.39, 0.29) is 28.1 Å². The predicted molar refractivity (Wildman–Crippen MR) is 91.8 cm³/mol. The largest absolute Gasteiger partial charge is 0.403 e. The molecule has 0 atom stereocenters. The third kappa shape index (κ3) is 3.77. The maximum absolute atomic E-state index is 12.9. The molecule has 0 aliphatic rings. The van der Waals surface area contributed by atoms with E-state index in [1.165, 1.54) is 55.5 Å². The van der Waals surface area contributed by atoms with Gasteiger partial charge >= 0.3 is 6.01 Å². The van der Waals surface area contributed by atoms with Crippen LogP contribution in [0.15, 0.2) is 57.8 Å². The molecular weight excluding hydrogens is 361 g/mol. The van der Waals surface area contributed by atoms with Gasteiger partial charge in [0.25, 0.3) is 5.91 Å². The average Bonchev–Trinajstić information content (AvgIpc) is 3.11. The standard InChI is InChI=1S/C17H14FN3O4S/c1-2-26(23,24)14-5-3-4-12(10-14)15(22)19-17-21-20-16(25-17)11-6-8-13(18)9-7-11/h3-10H,2H2,1H3,(H,19,21,22). The number of rotatable bonds is 5. The Hall–Kier alpha value is -3.07. The Morgan fingerprint density at radius 1 is 1.15 bits per heavy atom. The van der Waals surface area contributed by atoms with Crippen molar-refractivity contribution in [1.82, 2.24) is 10.2 Å². The summed E-state index contributed by atoms with van der Waals surface area (Å²) in [6.07, 6.45) is 0. The lowest BCUT2D eigenvalue weighted by Gasteiger charge is -2.04. The van der Waals surface area contributed by atoms with Gasteiger partial charge in [0.05, 0.1) is 10.6 Å². The molecule has 3 aromatic rings. The van der Waals surface area contributed by atoms with Crippen molar-refractivity contribution in [3.63, 3.8) is 0 Å². The molecule has 0 spiro atoms. The molecule has 1 amide bonds. The molecule has 1 N–H and O–H groups in total. The number of aromatic nitrogens is 2. The number of halogens is 1. The summed E-state index contributed by atoms with van der Waals surface area (Å²) in [6, 6.07) is 10.9. The van der Waals surface area contributed by atoms with Crippen LogP contribution < -0.4 is 5.32 Å². The summed E-state index contributed by atoms with van der Waals surface area (Å²) >= 11 is 0. The van der Waals surface area contributed by atoms with Gasteiger partial charge in [0.15, 0.2) is 9.84 Å². The third-order valence-electron chi connectivity index (χ3n) is 3.57. The highest BCUT2D eigenvalue weighted by molar-refractivity contribution is 7.91. The first-order valence-electron chi connectivity index (χ1n) is 7.62. The van der Waals surface area contributed by atoms with E-state index in [1.807, 2.05) is 0 Å². The number of carbonyl (C=O) groups is 1. The predicted octanol–water partition coefficient (Wildman–Crippen LogP) is 2.92. The lowest BCUT2D eigenvalue weighted by atomic mass is 10.2. The van der Waals surface area contributed by atoms with Gasteiger partial charge in [0, 0.05) is 11.1 Å². The van der Waals surface area contributed by atoms with Gasteiger partial charge in [0.1, 0.15) is 5.82 Å². The van der Waals surface area contributed by atoms with Crippen LogP contribution >= 0.6 is 0 Å². The van der Waals surface area contributed by atoms with Crippen LogP contribution in [0.2, 0.25) is 0 Å². The molecule has 134 valence electrons. The molecule has 0 aliphatic heterocycles. The van der Waals surface area contributed by atoms with Crippen molar-refractivity contribution in [1.29, 1.82) is 0 Å². The van der Waals surface area contributed by atoms with Crippen LogP contribution in [0.1, 0.15) is 17.3 Å². The third-order valence-corrected chi connectivity index (χ3v) is 5.30. The van der Waals surface area contributed by atoms with Crippen molar-refractivity contribution >= 4 is 21.8 Å². The van der Waals surface area contributed by atoms with Gasteiger partial charge in [0.2, 0.25) is 5.89 Å². The number of nitrogens with zero attached hydrogens (tertiary/aromatic N) is 2. The second-order valence-corrected chi connectivity index (χ2v) is 7.58. The zero-order valence-electron chi connectivity index (χ0n) is 13.6. The number of benzene rings is 2. The van der Waals surface area contributed by atoms with E-state index in [0.717, 1.165) is 0 Å². The lowest BCUT2D eigenvalue weighted by molar-refractivity contribution is 0.102. The fraction of sp³-hybridized carbons (Fsp3) is 0.118. The van der Waals surface area contributed by atoms with Crippen LogP contribution in [-0.2, 0) is 9.84 Å². The first-order chi connectivity index (χ1) is 12.4. The highest BCUT2D eigenvalue weighted by Crippen LogP contribution is 2.21. The van der Waals surface area contributed by atoms with Crippen molar-refractivity contribution in [2.24, 2.45) is 0 Å². The summed E-state index contributed by atoms with van der Waals surface area (Å²) in [4.78, 5) is 12.3. The minimum atomic E-state index is -3.42. The highest BCUT2D eigenvalue weighted by atomic mass is 32.2. The molecule has 0 unspecified atom stereocenters. The normalized spacial score (nSPS) is 11.3. The van der Waals surface area contributed by atoms with Gasteiger partial charge in [-0.25, -0.2) is 12.8 Å². The SMILES string of the molecule is CCS(=O)(=O)c1cccc(C(=O)Nc2nnc(-c3ccc(F)cc3)o2)c1. The molecular formula is C17H14FN3O4S. The van der Waals surface area contributed by atoms with Gasteiger partial charge < -0.3 is 4.42 Å². The fourth-order valence-electron chi connectivity index (χ4n) is 2.15. The number of anilines is 1. The molecule has 7 nitrogen and oxygen atoms in total. The van der Waals surface area contributed by atoms with Crippen molar-refractivity contribution in [3.05, 3.63) is 59.9 Å². The summed E-state index contributed by atoms with van der Waals surface area (Å²) in [5.74, 6) is -0.943. The number of hydrogen-bond acceptors (Lipinski definition) is 6. The van der Waals surface area contributed by atoms with Crippen molar-refractivity contribution < 1.29 is 22.0 Å². The second kappa shape index (κ2) is 7.04. The molecule has 0 aliphatic carbocycles. The molecule has 9 heteroatoms. The minimum Gasteiger partial charge on any atom is -0.403 e. The average molecular weight is 375 g/mol. The zero-order valence-corrected chi connectivity index (χ0v) is 14.5. The van der Waals surface area contributed by atoms with Crippen molar-refractivity contribution in [2.75, 3.05) is 11.1 Å². The van der Waals surface area contributed by atoms with E-state index in [2.05, 4.69) is 15.5 Å². The number of sulfone groups is 1. The Kier molecular flexibility index (Phi) is 4.81. The summed E-state index contributed by atoms with van der Waals surface area (Å²) < 4.78 is 42.1. The van der Waals surface area contributed by atoms with E-state index in [1.54, 1.807) is 0 Å². The molecule has 0 saturated carbocycles. The molecule has 3 rings (SSSR count). The molecule has 0 fully saturated rings. The van der Waals surface area contributed by atoms with Gasteiger partial charge in [-0.3, -0.25) is 10.1 Å². The highest BCUT2D eigenvalue weighted by Gasteiger charge is 2.16. The number of carbonyl (C=O) groups excluding carboxylic acids is 1. The smallest absolute Gasteiger partial charge is 0.322 e. The van der Waals surface area contributed by atoms with E-state index in [4.69, 9.17) is 4.42 Å². The van der Waals surface area contributed by atoms with Crippen LogP contribution in [0.25, 0.3) is 11.5 Å². The van der Waals surface area contributed by atoms with E-state index in [0.29, 0.717) is 5.56 Å². The lowest BCUT2D eigenvalue weighted by Crippen LogP contribution is -2.13. The van der Waals surface area contributed by atoms with E-state index >= 15 is 0 Å². The molecule has 0 radical (unpaired) electrons. The van der Waals surface area contributed by atoms with E-state index < -0.39 is 21.6 Å². The fourth-order valence-corrected chi connectivity index (χ4v) is 3.08. The van der Waals surface area contributed by atoms with Crippen molar-refractivity contribution in [3.8, 4) is 11.5 Å². The number of nitrogens with one attached hydrogen (secondary N) is 1. The monoisotopic (exact) mass is 375 g/mol. The number of amides is 1. The Morgan fingerprint density at radius 3 is 2.58 bits per heavy atom. The Balaban J connectivity index is 1.79. The molecule has 0 bridgehead atoms. The number of hydrogen-bond donors (Lipinski definition) is 1. The summed E-state index contributed by atoms with van der Waals surface area (Å²) in [5.41, 5.74) is 0.636. The molecule has 2 aromatic carbocycles. The van der Waals surface area contributed by atoms with Crippen LogP contribution in [0, 0.1) is 5.82 Å². The maximum Gasteiger partial charge on any atom is 0.322 e. The first kappa shape index (κ1) is 17.7. The molecule has 1 aromatic heterocycles. The molecule has 1 heterocycles. The second-order valence-electron chi connectivity index (χ2n) is 5.30. The first-order valence-corrected chi connectivity index (χ1v) is 9.28. The minimum absolute atomic E-state index is 0.0604. The Labute approximate surface area is 148 Å². The molecule has 0 saturated heterocycles. The summed E-state index contributed by atoms with van der Waals surface area (Å²) in [5, 5.41) is 9.90. The summed E-state index contributed by atoms with van der Waals surface area (Å²) in [7, 11) is -3.42. The van der Waals surface area contributed by atoms with Gasteiger partial charge in [-0.15, -0.1) is 5.10 Å². The van der Waals surface area contributed by atoms with Crippen LogP contribution in [0.5, 0.6) is 0 Å². The van der Waals surface area contributed by atoms with Gasteiger partial charge in [-0.05, 0) is 42.5 Å². The Morgan fingerprint density at radius 2 is 1.88 bits per heavy atom. The van der Waals surface area contributed by atoms with E-state index in [9.17, 15) is 17.6 Å². The zero-order chi connectivity index (χ0) is 18.7. The Bertz CT molecular complexity index is 1050. The van der Waals surface area contributed by atoms with Gasteiger partial charge in [-0.2, -0.15) is 0 Å². The maximum atomic E-state index is 12.9. The summed E-state index contributed by atoms with van der Waals surface area (Å²) in [6.45, 7) is 1.53. The van der Waals surface area contributed by atoms with Crippen molar-refractivity contribution in [2.45, 2.75) is 11.8 Å². The van der Waals surface area contributed by atoms with Crippen LogP contribution in [0.3, 0.4) is 0 Å². The van der Waals surface area contributed by atoms with Crippen LogP contribution in [-0.4, -0.2) is 30.3 Å². The van der Waals surface area contributed by atoms with Crippen LogP contribution in [0.4, 0.5) is 10.4 Å². The quantitative estimate of drug-likeness (QED) is 0.736. The topological polar surface area (TPSA) is 102 Å². The van der Waals surface area contributed by atoms with Gasteiger partial charge in [-0.1, -0.05) is 18.1 Å².